The molecule has 0 radical (unpaired) electrons. The van der Waals surface area contributed by atoms with Crippen molar-refractivity contribution in [2.24, 2.45) is 23.7 Å². The highest BCUT2D eigenvalue weighted by Gasteiger charge is 2.34. The van der Waals surface area contributed by atoms with Crippen molar-refractivity contribution in [2.75, 3.05) is 37.6 Å². The van der Waals surface area contributed by atoms with Crippen molar-refractivity contribution in [2.45, 2.75) is 33.6 Å². The molecule has 1 aliphatic heterocycles. The van der Waals surface area contributed by atoms with E-state index in [2.05, 4.69) is 64.0 Å². The van der Waals surface area contributed by atoms with Crippen LogP contribution in [0.5, 0.6) is 0 Å². The lowest BCUT2D eigenvalue weighted by atomic mass is 9.69. The van der Waals surface area contributed by atoms with Crippen molar-refractivity contribution in [1.29, 1.82) is 0 Å². The summed E-state index contributed by atoms with van der Waals surface area (Å²) in [6, 6.07) is 12.3. The number of pyridine rings is 1. The number of benzene rings is 1. The van der Waals surface area contributed by atoms with Gasteiger partial charge in [-0.25, -0.2) is 4.98 Å². The van der Waals surface area contributed by atoms with Gasteiger partial charge >= 0.3 is 0 Å². The number of hydrogen-bond donors (Lipinski definition) is 0. The van der Waals surface area contributed by atoms with Gasteiger partial charge in [0.15, 0.2) is 0 Å². The molecule has 3 aromatic rings. The molecule has 0 spiro atoms. The van der Waals surface area contributed by atoms with Crippen molar-refractivity contribution in [3.63, 3.8) is 0 Å². The number of anilines is 1. The summed E-state index contributed by atoms with van der Waals surface area (Å²) >= 11 is 0. The summed E-state index contributed by atoms with van der Waals surface area (Å²) in [5.74, 6) is 4.16. The maximum absolute atomic E-state index is 10.9. The standard InChI is InChI=1S/C29H36N6O3/c1-20(2)26-17-23(18-28-31-32-29(38-28)22-7-9-25(10-8-22)35(36)37)21(3)16-24(26)19-33-12-14-34(15-13-33)27-6-4-5-11-30-27/h4-11,16,20,23-24,26H,12-15,17-19H2,1-3H3/t23-,24-,26-/m0/s1. The van der Waals surface area contributed by atoms with Crippen LogP contribution in [0, 0.1) is 33.8 Å². The van der Waals surface area contributed by atoms with E-state index in [9.17, 15) is 10.1 Å². The van der Waals surface area contributed by atoms with Gasteiger partial charge < -0.3 is 9.32 Å². The van der Waals surface area contributed by atoms with Gasteiger partial charge in [-0.3, -0.25) is 15.0 Å². The fourth-order valence-electron chi connectivity index (χ4n) is 5.87. The molecule has 0 amide bonds. The van der Waals surface area contributed by atoms with Gasteiger partial charge in [-0.15, -0.1) is 10.2 Å². The molecular formula is C29H36N6O3. The second-order valence-electron chi connectivity index (χ2n) is 10.9. The van der Waals surface area contributed by atoms with E-state index in [0.717, 1.165) is 45.0 Å². The molecule has 0 N–H and O–H groups in total. The number of nitro groups is 1. The van der Waals surface area contributed by atoms with Crippen LogP contribution < -0.4 is 4.90 Å². The lowest BCUT2D eigenvalue weighted by molar-refractivity contribution is -0.384. The zero-order valence-electron chi connectivity index (χ0n) is 22.4. The molecule has 2 aromatic heterocycles. The van der Waals surface area contributed by atoms with Crippen LogP contribution in [0.2, 0.25) is 0 Å². The van der Waals surface area contributed by atoms with Gasteiger partial charge in [0.2, 0.25) is 11.8 Å². The third kappa shape index (κ3) is 5.93. The third-order valence-corrected chi connectivity index (χ3v) is 8.11. The number of rotatable bonds is 8. The van der Waals surface area contributed by atoms with E-state index < -0.39 is 4.92 Å². The quantitative estimate of drug-likeness (QED) is 0.227. The van der Waals surface area contributed by atoms with Gasteiger partial charge in [-0.2, -0.15) is 0 Å². The maximum Gasteiger partial charge on any atom is 0.269 e. The van der Waals surface area contributed by atoms with Gasteiger partial charge in [0.25, 0.3) is 5.69 Å². The number of non-ortho nitro benzene ring substituents is 1. The predicted octanol–water partition coefficient (Wildman–Crippen LogP) is 5.26. The number of nitrogens with zero attached hydrogens (tertiary/aromatic N) is 6. The van der Waals surface area contributed by atoms with Crippen LogP contribution in [-0.4, -0.2) is 57.7 Å². The summed E-state index contributed by atoms with van der Waals surface area (Å²) in [5.41, 5.74) is 2.13. The number of hydrogen-bond acceptors (Lipinski definition) is 8. The molecule has 5 rings (SSSR count). The van der Waals surface area contributed by atoms with Crippen molar-refractivity contribution < 1.29 is 9.34 Å². The molecule has 0 unspecified atom stereocenters. The third-order valence-electron chi connectivity index (χ3n) is 8.11. The molecule has 9 heteroatoms. The highest BCUT2D eigenvalue weighted by atomic mass is 16.6. The predicted molar refractivity (Wildman–Crippen MR) is 147 cm³/mol. The van der Waals surface area contributed by atoms with Crippen LogP contribution in [0.15, 0.2) is 64.7 Å². The van der Waals surface area contributed by atoms with Crippen molar-refractivity contribution in [3.05, 3.63) is 76.3 Å². The summed E-state index contributed by atoms with van der Waals surface area (Å²) in [5, 5.41) is 19.4. The number of aromatic nitrogens is 3. The molecule has 1 fully saturated rings. The Kier molecular flexibility index (Phi) is 7.83. The molecular weight excluding hydrogens is 480 g/mol. The van der Waals surface area contributed by atoms with Crippen LogP contribution in [-0.2, 0) is 6.42 Å². The van der Waals surface area contributed by atoms with Gasteiger partial charge in [0.1, 0.15) is 5.82 Å². The highest BCUT2D eigenvalue weighted by Crippen LogP contribution is 2.39. The molecule has 9 nitrogen and oxygen atoms in total. The molecule has 0 bridgehead atoms. The molecule has 0 saturated carbocycles. The van der Waals surface area contributed by atoms with Gasteiger partial charge in [-0.05, 0) is 61.3 Å². The van der Waals surface area contributed by atoms with Crippen LogP contribution in [0.1, 0.15) is 33.1 Å². The van der Waals surface area contributed by atoms with E-state index in [-0.39, 0.29) is 5.69 Å². The zero-order valence-corrected chi connectivity index (χ0v) is 22.4. The fraction of sp³-hybridized carbons (Fsp3) is 0.483. The Bertz CT molecular complexity index is 1250. The van der Waals surface area contributed by atoms with E-state index >= 15 is 0 Å². The SMILES string of the molecule is CC1=C[C@@H](CN2CCN(c3ccccn3)CC2)[C@H](C(C)C)C[C@H]1Cc1nnc(-c2ccc([N+](=O)[O-])cc2)o1. The lowest BCUT2D eigenvalue weighted by Crippen LogP contribution is -2.49. The first-order valence-electron chi connectivity index (χ1n) is 13.5. The van der Waals surface area contributed by atoms with Crippen molar-refractivity contribution in [3.8, 4) is 11.5 Å². The first kappa shape index (κ1) is 26.0. The minimum absolute atomic E-state index is 0.0424. The Labute approximate surface area is 223 Å². The fourth-order valence-corrected chi connectivity index (χ4v) is 5.87. The highest BCUT2D eigenvalue weighted by molar-refractivity contribution is 5.55. The Hall–Kier alpha value is -3.59. The molecule has 3 heterocycles. The van der Waals surface area contributed by atoms with E-state index in [1.165, 1.54) is 17.7 Å². The number of allylic oxidation sites excluding steroid dienone is 1. The number of nitro benzene ring substituents is 1. The molecule has 1 saturated heterocycles. The molecule has 1 aliphatic carbocycles. The molecule has 3 atom stereocenters. The Morgan fingerprint density at radius 1 is 1.08 bits per heavy atom. The van der Waals surface area contributed by atoms with Gasteiger partial charge in [0, 0.05) is 63.0 Å². The molecule has 38 heavy (non-hydrogen) atoms. The van der Waals surface area contributed by atoms with Gasteiger partial charge in [0.05, 0.1) is 4.92 Å². The van der Waals surface area contributed by atoms with Gasteiger partial charge in [-0.1, -0.05) is 31.6 Å². The molecule has 200 valence electrons. The minimum atomic E-state index is -0.415. The summed E-state index contributed by atoms with van der Waals surface area (Å²) < 4.78 is 5.97. The first-order chi connectivity index (χ1) is 18.4. The van der Waals surface area contributed by atoms with E-state index in [1.54, 1.807) is 12.1 Å². The molecule has 1 aromatic carbocycles. The Balaban J connectivity index is 1.21. The Morgan fingerprint density at radius 2 is 1.84 bits per heavy atom. The lowest BCUT2D eigenvalue weighted by Gasteiger charge is -2.41. The van der Waals surface area contributed by atoms with Crippen molar-refractivity contribution in [1.82, 2.24) is 20.1 Å². The number of piperazine rings is 1. The van der Waals surface area contributed by atoms with E-state index in [4.69, 9.17) is 4.42 Å². The smallest absolute Gasteiger partial charge is 0.269 e. The normalized spacial score (nSPS) is 22.5. The minimum Gasteiger partial charge on any atom is -0.421 e. The Morgan fingerprint density at radius 3 is 2.50 bits per heavy atom. The monoisotopic (exact) mass is 516 g/mol. The summed E-state index contributed by atoms with van der Waals surface area (Å²) in [6.45, 7) is 12.1. The topological polar surface area (TPSA) is 101 Å². The summed E-state index contributed by atoms with van der Waals surface area (Å²) in [7, 11) is 0. The second kappa shape index (κ2) is 11.4. The van der Waals surface area contributed by atoms with E-state index in [0.29, 0.717) is 47.4 Å². The molecule has 2 aliphatic rings. The first-order valence-corrected chi connectivity index (χ1v) is 13.5. The van der Waals surface area contributed by atoms with Crippen molar-refractivity contribution >= 4 is 11.5 Å². The largest absolute Gasteiger partial charge is 0.421 e. The van der Waals surface area contributed by atoms with Crippen LogP contribution in [0.4, 0.5) is 11.5 Å². The van der Waals surface area contributed by atoms with Crippen LogP contribution in [0.25, 0.3) is 11.5 Å². The second-order valence-corrected chi connectivity index (χ2v) is 10.9. The van der Waals surface area contributed by atoms with Crippen LogP contribution in [0.3, 0.4) is 0 Å². The van der Waals surface area contributed by atoms with E-state index in [1.807, 2.05) is 12.3 Å². The summed E-state index contributed by atoms with van der Waals surface area (Å²) in [4.78, 5) is 20.0. The zero-order chi connectivity index (χ0) is 26.6. The van der Waals surface area contributed by atoms with Crippen LogP contribution >= 0.6 is 0 Å². The summed E-state index contributed by atoms with van der Waals surface area (Å²) in [6.07, 6.45) is 6.18. The maximum atomic E-state index is 10.9. The average Bonchev–Trinajstić information content (AvgIpc) is 3.39. The average molecular weight is 517 g/mol.